The number of ketones is 1. The summed E-state index contributed by atoms with van der Waals surface area (Å²) >= 11 is 0. The molecule has 0 saturated carbocycles. The highest BCUT2D eigenvalue weighted by Crippen LogP contribution is 2.21. The van der Waals surface area contributed by atoms with E-state index in [9.17, 15) is 24.3 Å². The molecule has 0 aliphatic carbocycles. The molecule has 0 aliphatic rings. The third-order valence-electron chi connectivity index (χ3n) is 2.63. The smallest absolute Gasteiger partial charge is 0.313 e. The van der Waals surface area contributed by atoms with Gasteiger partial charge in [0.2, 0.25) is 5.91 Å². The van der Waals surface area contributed by atoms with Crippen LogP contribution in [0.5, 0.6) is 0 Å². The highest BCUT2D eigenvalue weighted by Gasteiger charge is 2.35. The molecular formula is C13H21NO7. The van der Waals surface area contributed by atoms with Crippen molar-refractivity contribution in [1.82, 2.24) is 5.32 Å². The fourth-order valence-electron chi connectivity index (χ4n) is 1.34. The third-order valence-corrected chi connectivity index (χ3v) is 2.63. The largest absolute Gasteiger partial charge is 0.481 e. The molecule has 0 spiro atoms. The van der Waals surface area contributed by atoms with Crippen molar-refractivity contribution in [2.45, 2.75) is 39.7 Å². The van der Waals surface area contributed by atoms with E-state index >= 15 is 0 Å². The molecule has 1 amide bonds. The monoisotopic (exact) mass is 303 g/mol. The average molecular weight is 303 g/mol. The zero-order valence-corrected chi connectivity index (χ0v) is 12.3. The van der Waals surface area contributed by atoms with Gasteiger partial charge in [0, 0.05) is 12.0 Å². The first-order valence-electron chi connectivity index (χ1n) is 6.39. The van der Waals surface area contributed by atoms with Crippen LogP contribution in [0.4, 0.5) is 0 Å². The van der Waals surface area contributed by atoms with E-state index in [2.05, 4.69) is 5.32 Å². The minimum Gasteiger partial charge on any atom is -0.481 e. The first-order chi connectivity index (χ1) is 9.56. The molecule has 0 aromatic carbocycles. The molecule has 120 valence electrons. The number of esters is 1. The molecule has 0 bridgehead atoms. The van der Waals surface area contributed by atoms with Crippen molar-refractivity contribution in [3.8, 4) is 0 Å². The SMILES string of the molecule is CC(=O)CC(=O)OCC(C)(C)[C@@H](O)C(=O)NCCC(=O)O. The van der Waals surface area contributed by atoms with Crippen molar-refractivity contribution >= 4 is 23.6 Å². The van der Waals surface area contributed by atoms with Crippen LogP contribution in [-0.2, 0) is 23.9 Å². The van der Waals surface area contributed by atoms with Crippen molar-refractivity contribution in [2.75, 3.05) is 13.2 Å². The van der Waals surface area contributed by atoms with Crippen LogP contribution in [0.3, 0.4) is 0 Å². The van der Waals surface area contributed by atoms with Gasteiger partial charge < -0.3 is 20.3 Å². The fraction of sp³-hybridized carbons (Fsp3) is 0.692. The second kappa shape index (κ2) is 8.35. The first-order valence-corrected chi connectivity index (χ1v) is 6.39. The van der Waals surface area contributed by atoms with E-state index in [4.69, 9.17) is 9.84 Å². The lowest BCUT2D eigenvalue weighted by Gasteiger charge is -2.28. The summed E-state index contributed by atoms with van der Waals surface area (Å²) in [5, 5.41) is 20.6. The van der Waals surface area contributed by atoms with Gasteiger partial charge in [-0.15, -0.1) is 0 Å². The van der Waals surface area contributed by atoms with Gasteiger partial charge in [-0.25, -0.2) is 0 Å². The number of carboxylic acids is 1. The summed E-state index contributed by atoms with van der Waals surface area (Å²) in [7, 11) is 0. The van der Waals surface area contributed by atoms with Crippen LogP contribution in [0.1, 0.15) is 33.6 Å². The van der Waals surface area contributed by atoms with Gasteiger partial charge in [-0.05, 0) is 6.92 Å². The van der Waals surface area contributed by atoms with Crippen LogP contribution in [0.2, 0.25) is 0 Å². The van der Waals surface area contributed by atoms with Gasteiger partial charge in [0.15, 0.2) is 0 Å². The molecule has 0 aliphatic heterocycles. The number of rotatable bonds is 9. The Balaban J connectivity index is 4.33. The van der Waals surface area contributed by atoms with Gasteiger partial charge in [0.05, 0.1) is 13.0 Å². The van der Waals surface area contributed by atoms with E-state index in [1.807, 2.05) is 0 Å². The van der Waals surface area contributed by atoms with E-state index < -0.39 is 29.4 Å². The Morgan fingerprint density at radius 3 is 2.29 bits per heavy atom. The summed E-state index contributed by atoms with van der Waals surface area (Å²) in [6.45, 7) is 3.92. The number of carbonyl (C=O) groups excluding carboxylic acids is 3. The normalized spacial score (nSPS) is 12.4. The highest BCUT2D eigenvalue weighted by atomic mass is 16.5. The second-order valence-corrected chi connectivity index (χ2v) is 5.37. The Morgan fingerprint density at radius 2 is 1.81 bits per heavy atom. The third kappa shape index (κ3) is 8.03. The molecule has 0 aromatic rings. The van der Waals surface area contributed by atoms with E-state index in [0.29, 0.717) is 0 Å². The average Bonchev–Trinajstić information content (AvgIpc) is 2.34. The van der Waals surface area contributed by atoms with Crippen molar-refractivity contribution < 1.29 is 34.1 Å². The number of Topliss-reactive ketones (excluding diaryl/α,β-unsaturated/α-hetero) is 1. The highest BCUT2D eigenvalue weighted by molar-refractivity contribution is 5.94. The maximum absolute atomic E-state index is 11.6. The van der Waals surface area contributed by atoms with Gasteiger partial charge in [-0.1, -0.05) is 13.8 Å². The predicted octanol–water partition coefficient (Wildman–Crippen LogP) is -0.513. The molecule has 1 atom stereocenters. The number of ether oxygens (including phenoxy) is 1. The van der Waals surface area contributed by atoms with Crippen molar-refractivity contribution in [1.29, 1.82) is 0 Å². The van der Waals surface area contributed by atoms with Gasteiger partial charge in [-0.2, -0.15) is 0 Å². The summed E-state index contributed by atoms with van der Waals surface area (Å²) in [5.41, 5.74) is -1.07. The van der Waals surface area contributed by atoms with Crippen LogP contribution < -0.4 is 5.32 Å². The number of aliphatic hydroxyl groups is 1. The molecule has 0 fully saturated rings. The molecule has 0 rings (SSSR count). The van der Waals surface area contributed by atoms with Crippen molar-refractivity contribution in [3.05, 3.63) is 0 Å². The molecule has 0 heterocycles. The number of hydrogen-bond donors (Lipinski definition) is 3. The number of aliphatic carboxylic acids is 1. The Labute approximate surface area is 122 Å². The number of aliphatic hydroxyl groups excluding tert-OH is 1. The number of carbonyl (C=O) groups is 4. The molecule has 21 heavy (non-hydrogen) atoms. The van der Waals surface area contributed by atoms with Crippen LogP contribution >= 0.6 is 0 Å². The van der Waals surface area contributed by atoms with E-state index in [1.165, 1.54) is 20.8 Å². The molecule has 3 N–H and O–H groups in total. The molecule has 8 nitrogen and oxygen atoms in total. The lowest BCUT2D eigenvalue weighted by molar-refractivity contribution is -0.154. The number of amides is 1. The van der Waals surface area contributed by atoms with Crippen molar-refractivity contribution in [3.63, 3.8) is 0 Å². The van der Waals surface area contributed by atoms with Gasteiger partial charge in [0.25, 0.3) is 0 Å². The minimum absolute atomic E-state index is 0.106. The molecule has 0 radical (unpaired) electrons. The Morgan fingerprint density at radius 1 is 1.24 bits per heavy atom. The quantitative estimate of drug-likeness (QED) is 0.386. The maximum Gasteiger partial charge on any atom is 0.313 e. The van der Waals surface area contributed by atoms with Gasteiger partial charge in [0.1, 0.15) is 18.3 Å². The number of carboxylic acid groups (broad SMARTS) is 1. The standard InChI is InChI=1S/C13H21NO7/c1-8(15)6-10(18)21-7-13(2,3)11(19)12(20)14-5-4-9(16)17/h11,19H,4-7H2,1-3H3,(H,14,20)(H,16,17)/t11-/m0/s1. The van der Waals surface area contributed by atoms with E-state index in [-0.39, 0.29) is 31.8 Å². The summed E-state index contributed by atoms with van der Waals surface area (Å²) in [6, 6.07) is 0. The molecule has 0 saturated heterocycles. The van der Waals surface area contributed by atoms with Crippen LogP contribution in [0, 0.1) is 5.41 Å². The Hall–Kier alpha value is -1.96. The molecule has 0 unspecified atom stereocenters. The summed E-state index contributed by atoms with van der Waals surface area (Å²) in [5.74, 6) is -2.88. The number of hydrogen-bond acceptors (Lipinski definition) is 6. The van der Waals surface area contributed by atoms with Gasteiger partial charge in [-0.3, -0.25) is 19.2 Å². The summed E-state index contributed by atoms with van der Waals surface area (Å²) < 4.78 is 4.84. The zero-order valence-electron chi connectivity index (χ0n) is 12.3. The summed E-state index contributed by atoms with van der Waals surface area (Å²) in [4.78, 5) is 43.9. The first kappa shape index (κ1) is 19.0. The van der Waals surface area contributed by atoms with Gasteiger partial charge >= 0.3 is 11.9 Å². The second-order valence-electron chi connectivity index (χ2n) is 5.37. The minimum atomic E-state index is -1.48. The van der Waals surface area contributed by atoms with E-state index in [1.54, 1.807) is 0 Å². The lowest BCUT2D eigenvalue weighted by Crippen LogP contribution is -2.46. The van der Waals surface area contributed by atoms with Crippen LogP contribution in [0.25, 0.3) is 0 Å². The lowest BCUT2D eigenvalue weighted by atomic mass is 9.87. The predicted molar refractivity (Wildman–Crippen MR) is 71.3 cm³/mol. The van der Waals surface area contributed by atoms with E-state index in [0.717, 1.165) is 0 Å². The van der Waals surface area contributed by atoms with Crippen LogP contribution in [-0.4, -0.2) is 53.1 Å². The molecule has 0 aromatic heterocycles. The molecular weight excluding hydrogens is 282 g/mol. The maximum atomic E-state index is 11.6. The molecule has 8 heteroatoms. The van der Waals surface area contributed by atoms with Crippen molar-refractivity contribution in [2.24, 2.45) is 5.41 Å². The Bertz CT molecular complexity index is 417. The zero-order chi connectivity index (χ0) is 16.6. The number of nitrogens with one attached hydrogen (secondary N) is 1. The summed E-state index contributed by atoms with van der Waals surface area (Å²) in [6.07, 6.45) is -2.10. The Kier molecular flexibility index (Phi) is 7.57. The fourth-order valence-corrected chi connectivity index (χ4v) is 1.34. The van der Waals surface area contributed by atoms with Crippen LogP contribution in [0.15, 0.2) is 0 Å². The topological polar surface area (TPSA) is 130 Å².